The Kier molecular flexibility index (Phi) is 7.19. The molecular formula is C27H30N6O. The summed E-state index contributed by atoms with van der Waals surface area (Å²) in [5.41, 5.74) is 7.56. The van der Waals surface area contributed by atoms with E-state index in [-0.39, 0.29) is 0 Å². The predicted octanol–water partition coefficient (Wildman–Crippen LogP) is 4.37. The molecule has 0 fully saturated rings. The molecule has 3 heterocycles. The Morgan fingerprint density at radius 2 is 1.97 bits per heavy atom. The van der Waals surface area contributed by atoms with Crippen LogP contribution in [-0.4, -0.2) is 37.3 Å². The van der Waals surface area contributed by atoms with Gasteiger partial charge >= 0.3 is 0 Å². The van der Waals surface area contributed by atoms with Crippen LogP contribution in [0.1, 0.15) is 35.6 Å². The molecule has 7 heteroatoms. The van der Waals surface area contributed by atoms with Crippen LogP contribution in [0.25, 0.3) is 22.3 Å². The van der Waals surface area contributed by atoms with E-state index in [1.165, 1.54) is 11.1 Å². The molecule has 4 rings (SSSR count). The summed E-state index contributed by atoms with van der Waals surface area (Å²) in [6, 6.07) is 12.8. The number of aliphatic hydroxyl groups is 1. The third kappa shape index (κ3) is 5.41. The summed E-state index contributed by atoms with van der Waals surface area (Å²) in [6.07, 6.45) is 8.03. The Hall–Kier alpha value is -3.76. The van der Waals surface area contributed by atoms with Gasteiger partial charge in [0.1, 0.15) is 5.82 Å². The maximum absolute atomic E-state index is 9.44. The Labute approximate surface area is 200 Å². The van der Waals surface area contributed by atoms with Gasteiger partial charge in [-0.25, -0.2) is 15.0 Å². The molecule has 0 aliphatic heterocycles. The van der Waals surface area contributed by atoms with E-state index in [0.29, 0.717) is 13.0 Å². The summed E-state index contributed by atoms with van der Waals surface area (Å²) in [7, 11) is 1.98. The van der Waals surface area contributed by atoms with Crippen molar-refractivity contribution in [3.8, 4) is 17.5 Å². The minimum absolute atomic E-state index is 0.420. The third-order valence-electron chi connectivity index (χ3n) is 6.02. The van der Waals surface area contributed by atoms with Crippen molar-refractivity contribution in [3.05, 3.63) is 71.3 Å². The van der Waals surface area contributed by atoms with Gasteiger partial charge in [-0.05, 0) is 79.6 Å². The normalized spacial score (nSPS) is 12.0. The van der Waals surface area contributed by atoms with Crippen molar-refractivity contribution in [2.24, 2.45) is 7.05 Å². The number of imidazole rings is 1. The van der Waals surface area contributed by atoms with Crippen LogP contribution in [0, 0.1) is 18.3 Å². The quantitative estimate of drug-likeness (QED) is 0.389. The van der Waals surface area contributed by atoms with E-state index < -0.39 is 6.10 Å². The molecule has 1 atom stereocenters. The molecule has 0 unspecified atom stereocenters. The molecule has 0 saturated heterocycles. The zero-order valence-corrected chi connectivity index (χ0v) is 19.9. The molecule has 0 aliphatic rings. The average Bonchev–Trinajstić information content (AvgIpc) is 3.26. The van der Waals surface area contributed by atoms with Crippen molar-refractivity contribution in [2.75, 3.05) is 11.9 Å². The van der Waals surface area contributed by atoms with Crippen molar-refractivity contribution < 1.29 is 5.11 Å². The van der Waals surface area contributed by atoms with Crippen molar-refractivity contribution in [1.29, 1.82) is 5.26 Å². The zero-order chi connectivity index (χ0) is 24.1. The lowest BCUT2D eigenvalue weighted by Crippen LogP contribution is -2.15. The van der Waals surface area contributed by atoms with E-state index in [4.69, 9.17) is 10.2 Å². The number of anilines is 1. The minimum atomic E-state index is -0.420. The van der Waals surface area contributed by atoms with Crippen LogP contribution in [0.4, 0.5) is 5.82 Å². The first-order chi connectivity index (χ1) is 16.4. The molecule has 4 aromatic rings. The second-order valence-electron chi connectivity index (χ2n) is 8.79. The number of aryl methyl sites for hydroxylation is 5. The van der Waals surface area contributed by atoms with Gasteiger partial charge < -0.3 is 15.0 Å². The predicted molar refractivity (Wildman–Crippen MR) is 134 cm³/mol. The lowest BCUT2D eigenvalue weighted by Gasteiger charge is -2.14. The van der Waals surface area contributed by atoms with Crippen LogP contribution in [-0.2, 0) is 26.3 Å². The number of pyridine rings is 2. The number of rotatable bonds is 9. The average molecular weight is 455 g/mol. The third-order valence-corrected chi connectivity index (χ3v) is 6.02. The fraction of sp³-hybridized carbons (Fsp3) is 0.333. The molecule has 0 radical (unpaired) electrons. The van der Waals surface area contributed by atoms with E-state index in [1.807, 2.05) is 30.1 Å². The van der Waals surface area contributed by atoms with Gasteiger partial charge in [0.05, 0.1) is 41.6 Å². The number of nitriles is 1. The molecule has 1 aromatic carbocycles. The lowest BCUT2D eigenvalue weighted by atomic mass is 9.95. The maximum Gasteiger partial charge on any atom is 0.125 e. The van der Waals surface area contributed by atoms with Gasteiger partial charge in [-0.2, -0.15) is 5.26 Å². The number of fused-ring (bicyclic) bond motifs is 1. The van der Waals surface area contributed by atoms with Crippen LogP contribution < -0.4 is 5.32 Å². The fourth-order valence-corrected chi connectivity index (χ4v) is 4.10. The van der Waals surface area contributed by atoms with Gasteiger partial charge in [0.15, 0.2) is 0 Å². The lowest BCUT2D eigenvalue weighted by molar-refractivity contribution is 0.208. The van der Waals surface area contributed by atoms with Crippen LogP contribution in [0.5, 0.6) is 0 Å². The summed E-state index contributed by atoms with van der Waals surface area (Å²) in [5.74, 6) is 0.759. The van der Waals surface area contributed by atoms with E-state index >= 15 is 0 Å². The highest BCUT2D eigenvalue weighted by Crippen LogP contribution is 2.28. The van der Waals surface area contributed by atoms with Gasteiger partial charge in [-0.3, -0.25) is 0 Å². The zero-order valence-electron chi connectivity index (χ0n) is 19.9. The fourth-order valence-electron chi connectivity index (χ4n) is 4.10. The van der Waals surface area contributed by atoms with Gasteiger partial charge in [-0.15, -0.1) is 0 Å². The van der Waals surface area contributed by atoms with Crippen LogP contribution in [0.3, 0.4) is 0 Å². The molecule has 0 saturated carbocycles. The summed E-state index contributed by atoms with van der Waals surface area (Å²) in [4.78, 5) is 13.7. The molecule has 0 amide bonds. The van der Waals surface area contributed by atoms with Crippen molar-refractivity contribution >= 4 is 16.7 Å². The number of aromatic nitrogens is 4. The SMILES string of the molecule is Cc1cc2nc(-c3cncn3C)cc(CCc3ccc(NC[C@H](C)O)nc3)c2cc1CCC#N. The Bertz CT molecular complexity index is 1320. The molecule has 2 N–H and O–H groups in total. The second kappa shape index (κ2) is 10.4. The van der Waals surface area contributed by atoms with Gasteiger partial charge in [0.25, 0.3) is 0 Å². The highest BCUT2D eigenvalue weighted by atomic mass is 16.3. The summed E-state index contributed by atoms with van der Waals surface area (Å²) in [6.45, 7) is 4.30. The minimum Gasteiger partial charge on any atom is -0.392 e. The van der Waals surface area contributed by atoms with Crippen molar-refractivity contribution in [3.63, 3.8) is 0 Å². The van der Waals surface area contributed by atoms with Gasteiger partial charge in [0.2, 0.25) is 0 Å². The van der Waals surface area contributed by atoms with Crippen molar-refractivity contribution in [2.45, 2.75) is 45.6 Å². The number of aliphatic hydroxyl groups excluding tert-OH is 1. The number of nitrogens with one attached hydrogen (secondary N) is 1. The highest BCUT2D eigenvalue weighted by molar-refractivity contribution is 5.86. The largest absolute Gasteiger partial charge is 0.392 e. The maximum atomic E-state index is 9.44. The Balaban J connectivity index is 1.66. The van der Waals surface area contributed by atoms with Crippen LogP contribution >= 0.6 is 0 Å². The molecular weight excluding hydrogens is 424 g/mol. The van der Waals surface area contributed by atoms with Gasteiger partial charge in [-0.1, -0.05) is 6.07 Å². The molecule has 0 bridgehead atoms. The van der Waals surface area contributed by atoms with Gasteiger partial charge in [0, 0.05) is 31.6 Å². The number of nitrogens with zero attached hydrogens (tertiary/aromatic N) is 5. The summed E-state index contributed by atoms with van der Waals surface area (Å²) >= 11 is 0. The Morgan fingerprint density at radius 3 is 2.65 bits per heavy atom. The molecule has 3 aromatic heterocycles. The van der Waals surface area contributed by atoms with E-state index in [1.54, 1.807) is 13.3 Å². The number of hydrogen-bond donors (Lipinski definition) is 2. The second-order valence-corrected chi connectivity index (χ2v) is 8.79. The number of hydrogen-bond acceptors (Lipinski definition) is 6. The highest BCUT2D eigenvalue weighted by Gasteiger charge is 2.13. The molecule has 7 nitrogen and oxygen atoms in total. The molecule has 34 heavy (non-hydrogen) atoms. The van der Waals surface area contributed by atoms with E-state index in [2.05, 4.69) is 52.5 Å². The van der Waals surface area contributed by atoms with E-state index in [0.717, 1.165) is 58.5 Å². The molecule has 0 spiro atoms. The first-order valence-electron chi connectivity index (χ1n) is 11.6. The smallest absolute Gasteiger partial charge is 0.125 e. The monoisotopic (exact) mass is 454 g/mol. The van der Waals surface area contributed by atoms with Crippen LogP contribution in [0.15, 0.2) is 49.1 Å². The van der Waals surface area contributed by atoms with Crippen molar-refractivity contribution in [1.82, 2.24) is 19.5 Å². The van der Waals surface area contributed by atoms with Crippen LogP contribution in [0.2, 0.25) is 0 Å². The standard InChI is InChI=1S/C27H30N6O/c1-18-11-24-23(12-21(18)5-4-10-28)22(13-25(32-24)26-16-29-17-33(26)3)8-6-20-7-9-27(31-15-20)30-14-19(2)34/h7,9,11-13,15-17,19,34H,4-6,8,14H2,1-3H3,(H,30,31)/t19-/m0/s1. The first-order valence-corrected chi connectivity index (χ1v) is 11.6. The summed E-state index contributed by atoms with van der Waals surface area (Å²) < 4.78 is 1.98. The first kappa shape index (κ1) is 23.4. The Morgan fingerprint density at radius 1 is 1.12 bits per heavy atom. The summed E-state index contributed by atoms with van der Waals surface area (Å²) in [5, 5.41) is 22.7. The topological polar surface area (TPSA) is 99.7 Å². The molecule has 0 aliphatic carbocycles. The molecule has 174 valence electrons. The number of benzene rings is 1. The van der Waals surface area contributed by atoms with E-state index in [9.17, 15) is 5.11 Å².